The molecule has 0 fully saturated rings. The molecule has 0 unspecified atom stereocenters. The molecule has 3 aromatic heterocycles. The van der Waals surface area contributed by atoms with Gasteiger partial charge in [-0.15, -0.1) is 11.3 Å². The van der Waals surface area contributed by atoms with E-state index in [1.54, 1.807) is 6.07 Å². The summed E-state index contributed by atoms with van der Waals surface area (Å²) in [4.78, 5) is 28.8. The number of carboxylic acids is 1. The van der Waals surface area contributed by atoms with Crippen LogP contribution in [0.4, 0.5) is 5.00 Å². The first-order valence-electron chi connectivity index (χ1n) is 8.00. The van der Waals surface area contributed by atoms with Crippen molar-refractivity contribution < 1.29 is 23.6 Å². The van der Waals surface area contributed by atoms with Crippen LogP contribution in [0.2, 0.25) is 0 Å². The Balaban J connectivity index is 1.64. The first kappa shape index (κ1) is 17.9. The monoisotopic (exact) mass is 375 g/mol. The van der Waals surface area contributed by atoms with Crippen molar-refractivity contribution in [2.45, 2.75) is 33.1 Å². The molecule has 3 rings (SSSR count). The van der Waals surface area contributed by atoms with Gasteiger partial charge in [-0.2, -0.15) is 4.98 Å². The highest BCUT2D eigenvalue weighted by molar-refractivity contribution is 7.16. The van der Waals surface area contributed by atoms with E-state index < -0.39 is 5.97 Å². The molecule has 9 heteroatoms. The van der Waals surface area contributed by atoms with Crippen molar-refractivity contribution in [3.05, 3.63) is 40.5 Å². The van der Waals surface area contributed by atoms with Crippen LogP contribution in [0.25, 0.3) is 11.4 Å². The molecule has 0 aromatic carbocycles. The number of thiophene rings is 1. The van der Waals surface area contributed by atoms with Gasteiger partial charge in [-0.25, -0.2) is 4.79 Å². The van der Waals surface area contributed by atoms with Crippen LogP contribution in [-0.4, -0.2) is 27.1 Å². The predicted octanol–water partition coefficient (Wildman–Crippen LogP) is 3.53. The average molecular weight is 375 g/mol. The number of anilines is 1. The first-order chi connectivity index (χ1) is 12.5. The van der Waals surface area contributed by atoms with E-state index in [-0.39, 0.29) is 24.3 Å². The summed E-state index contributed by atoms with van der Waals surface area (Å²) in [6, 6.07) is 1.71. The Labute approximate surface area is 152 Å². The molecule has 0 radical (unpaired) electrons. The van der Waals surface area contributed by atoms with E-state index in [4.69, 9.17) is 8.94 Å². The number of nitrogens with zero attached hydrogens (tertiary/aromatic N) is 2. The highest BCUT2D eigenvalue weighted by atomic mass is 32.1. The number of aromatic nitrogens is 2. The number of aryl methyl sites for hydroxylation is 2. The molecule has 0 aliphatic carbocycles. The number of carbonyl (C=O) groups excluding carboxylic acids is 1. The molecule has 3 aromatic rings. The van der Waals surface area contributed by atoms with Crippen molar-refractivity contribution in [2.75, 3.05) is 5.32 Å². The first-order valence-corrected chi connectivity index (χ1v) is 8.81. The zero-order valence-corrected chi connectivity index (χ0v) is 15.1. The number of carboxylic acid groups (broad SMARTS) is 1. The summed E-state index contributed by atoms with van der Waals surface area (Å²) in [6.45, 7) is 3.74. The number of carbonyl (C=O) groups is 2. The zero-order chi connectivity index (χ0) is 18.7. The van der Waals surface area contributed by atoms with E-state index >= 15 is 0 Å². The second-order valence-corrected chi connectivity index (χ2v) is 6.80. The van der Waals surface area contributed by atoms with E-state index in [0.29, 0.717) is 28.7 Å². The fraction of sp³-hybridized carbons (Fsp3) is 0.294. The van der Waals surface area contributed by atoms with E-state index in [1.807, 2.05) is 13.8 Å². The van der Waals surface area contributed by atoms with Crippen LogP contribution in [0.5, 0.6) is 0 Å². The quantitative estimate of drug-likeness (QED) is 0.648. The van der Waals surface area contributed by atoms with Crippen LogP contribution in [-0.2, 0) is 17.6 Å². The Kier molecular flexibility index (Phi) is 5.17. The van der Waals surface area contributed by atoms with Crippen molar-refractivity contribution in [3.8, 4) is 11.4 Å². The minimum atomic E-state index is -1.04. The van der Waals surface area contributed by atoms with Gasteiger partial charge in [0, 0.05) is 17.7 Å². The van der Waals surface area contributed by atoms with Crippen LogP contribution in [0.1, 0.15) is 40.0 Å². The van der Waals surface area contributed by atoms with Crippen molar-refractivity contribution in [1.82, 2.24) is 10.1 Å². The Bertz CT molecular complexity index is 927. The SMILES string of the molecule is CCc1c(C)sc(NC(=O)CCc2nc(-c3ccoc3)no2)c1C(=O)O. The fourth-order valence-electron chi connectivity index (χ4n) is 2.59. The summed E-state index contributed by atoms with van der Waals surface area (Å²) >= 11 is 1.27. The molecular formula is C17H17N3O5S. The summed E-state index contributed by atoms with van der Waals surface area (Å²) in [6.07, 6.45) is 3.96. The zero-order valence-electron chi connectivity index (χ0n) is 14.2. The molecule has 0 bridgehead atoms. The number of rotatable bonds is 7. The molecule has 8 nitrogen and oxygen atoms in total. The van der Waals surface area contributed by atoms with Gasteiger partial charge in [0.15, 0.2) is 0 Å². The van der Waals surface area contributed by atoms with Crippen molar-refractivity contribution >= 4 is 28.2 Å². The van der Waals surface area contributed by atoms with Gasteiger partial charge in [0.2, 0.25) is 17.6 Å². The number of aromatic carboxylic acids is 1. The van der Waals surface area contributed by atoms with Crippen LogP contribution < -0.4 is 5.32 Å². The van der Waals surface area contributed by atoms with E-state index in [0.717, 1.165) is 10.4 Å². The Hall–Kier alpha value is -2.94. The Morgan fingerprint density at radius 2 is 2.19 bits per heavy atom. The number of hydrogen-bond acceptors (Lipinski definition) is 7. The summed E-state index contributed by atoms with van der Waals surface area (Å²) in [5, 5.41) is 16.3. The predicted molar refractivity (Wildman–Crippen MR) is 94.3 cm³/mol. The third kappa shape index (κ3) is 3.67. The van der Waals surface area contributed by atoms with Gasteiger partial charge in [0.1, 0.15) is 11.3 Å². The molecule has 0 spiro atoms. The summed E-state index contributed by atoms with van der Waals surface area (Å²) in [7, 11) is 0. The number of nitrogens with one attached hydrogen (secondary N) is 1. The lowest BCUT2D eigenvalue weighted by Gasteiger charge is -2.04. The molecule has 3 heterocycles. The molecule has 1 amide bonds. The van der Waals surface area contributed by atoms with E-state index in [2.05, 4.69) is 15.5 Å². The minimum Gasteiger partial charge on any atom is -0.478 e. The van der Waals surface area contributed by atoms with Gasteiger partial charge in [0.05, 0.1) is 17.4 Å². The molecular weight excluding hydrogens is 358 g/mol. The number of hydrogen-bond donors (Lipinski definition) is 2. The van der Waals surface area contributed by atoms with Crippen LogP contribution in [0.3, 0.4) is 0 Å². The van der Waals surface area contributed by atoms with Crippen molar-refractivity contribution in [3.63, 3.8) is 0 Å². The van der Waals surface area contributed by atoms with Crippen LogP contribution in [0, 0.1) is 6.92 Å². The van der Waals surface area contributed by atoms with Gasteiger partial charge in [-0.05, 0) is 25.0 Å². The standard InChI is InChI=1S/C17H17N3O5S/c1-3-11-9(2)26-16(14(11)17(22)23)18-12(21)4-5-13-19-15(20-25-13)10-6-7-24-8-10/h6-8H,3-5H2,1-2H3,(H,18,21)(H,22,23). The normalized spacial score (nSPS) is 10.8. The van der Waals surface area contributed by atoms with E-state index in [9.17, 15) is 14.7 Å². The molecule has 136 valence electrons. The lowest BCUT2D eigenvalue weighted by Crippen LogP contribution is -2.14. The van der Waals surface area contributed by atoms with Gasteiger partial charge in [-0.3, -0.25) is 4.79 Å². The van der Waals surface area contributed by atoms with Crippen LogP contribution >= 0.6 is 11.3 Å². The van der Waals surface area contributed by atoms with Gasteiger partial charge in [0.25, 0.3) is 0 Å². The third-order valence-electron chi connectivity index (χ3n) is 3.84. The average Bonchev–Trinajstić information content (AvgIpc) is 3.32. The molecule has 26 heavy (non-hydrogen) atoms. The number of furan rings is 1. The van der Waals surface area contributed by atoms with Crippen molar-refractivity contribution in [2.24, 2.45) is 0 Å². The Morgan fingerprint density at radius 1 is 1.38 bits per heavy atom. The Morgan fingerprint density at radius 3 is 2.85 bits per heavy atom. The molecule has 2 N–H and O–H groups in total. The van der Waals surface area contributed by atoms with Gasteiger partial charge >= 0.3 is 5.97 Å². The molecule has 0 saturated heterocycles. The smallest absolute Gasteiger partial charge is 0.339 e. The van der Waals surface area contributed by atoms with Crippen molar-refractivity contribution in [1.29, 1.82) is 0 Å². The lowest BCUT2D eigenvalue weighted by molar-refractivity contribution is -0.116. The second kappa shape index (κ2) is 7.52. The topological polar surface area (TPSA) is 118 Å². The fourth-order valence-corrected chi connectivity index (χ4v) is 3.75. The molecule has 0 aliphatic rings. The highest BCUT2D eigenvalue weighted by Crippen LogP contribution is 2.33. The second-order valence-electron chi connectivity index (χ2n) is 5.57. The molecule has 0 atom stereocenters. The minimum absolute atomic E-state index is 0.102. The maximum atomic E-state index is 12.2. The van der Waals surface area contributed by atoms with E-state index in [1.165, 1.54) is 23.9 Å². The maximum Gasteiger partial charge on any atom is 0.339 e. The third-order valence-corrected chi connectivity index (χ3v) is 4.91. The lowest BCUT2D eigenvalue weighted by atomic mass is 10.1. The summed E-state index contributed by atoms with van der Waals surface area (Å²) in [5.41, 5.74) is 1.61. The summed E-state index contributed by atoms with van der Waals surface area (Å²) in [5.74, 6) is -0.627. The number of amides is 1. The van der Waals surface area contributed by atoms with Gasteiger partial charge < -0.3 is 19.4 Å². The van der Waals surface area contributed by atoms with Crippen LogP contribution in [0.15, 0.2) is 27.5 Å². The van der Waals surface area contributed by atoms with Gasteiger partial charge in [-0.1, -0.05) is 12.1 Å². The largest absolute Gasteiger partial charge is 0.478 e. The highest BCUT2D eigenvalue weighted by Gasteiger charge is 2.22. The summed E-state index contributed by atoms with van der Waals surface area (Å²) < 4.78 is 10.1. The molecule has 0 saturated carbocycles. The maximum absolute atomic E-state index is 12.2. The molecule has 0 aliphatic heterocycles.